The molecule has 1 aromatic carbocycles. The molecule has 214 valence electrons. The molecule has 38 heavy (non-hydrogen) atoms. The third kappa shape index (κ3) is 10.5. The van der Waals surface area contributed by atoms with Gasteiger partial charge in [0.25, 0.3) is 0 Å². The Morgan fingerprint density at radius 3 is 2.03 bits per heavy atom. The topological polar surface area (TPSA) is 133 Å². The summed E-state index contributed by atoms with van der Waals surface area (Å²) < 4.78 is 55.3. The summed E-state index contributed by atoms with van der Waals surface area (Å²) in [5.41, 5.74) is 1.80. The molecule has 1 aromatic heterocycles. The average molecular weight is 561 g/mol. The predicted octanol–water partition coefficient (Wildman–Crippen LogP) is 4.91. The first-order valence-corrected chi connectivity index (χ1v) is 13.4. The van der Waals surface area contributed by atoms with Crippen molar-refractivity contribution in [3.63, 3.8) is 0 Å². The van der Waals surface area contributed by atoms with E-state index in [1.54, 1.807) is 39.4 Å². The number of nitrogens with zero attached hydrogens (tertiary/aromatic N) is 2. The highest BCUT2D eigenvalue weighted by Gasteiger charge is 2.30. The summed E-state index contributed by atoms with van der Waals surface area (Å²) in [5.74, 6) is 0.626. The molecule has 0 unspecified atom stereocenters. The number of phosphoric ester groups is 1. The second-order valence-corrected chi connectivity index (χ2v) is 10.6. The minimum atomic E-state index is -4.41. The lowest BCUT2D eigenvalue weighted by Crippen LogP contribution is -2.17. The SMILES string of the molecule is COc1ccc2c(CCN(C)C)cn(COP(=O)(OCOC(=O)OC(C)C)OCOC(=O)OC(C)C)c2c1. The van der Waals surface area contributed by atoms with Gasteiger partial charge < -0.3 is 33.2 Å². The fraction of sp³-hybridized carbons (Fsp3) is 0.583. The quantitative estimate of drug-likeness (QED) is 0.166. The Bertz CT molecular complexity index is 1070. The highest BCUT2D eigenvalue weighted by atomic mass is 31.2. The Balaban J connectivity index is 2.18. The van der Waals surface area contributed by atoms with Crippen LogP contribution >= 0.6 is 7.82 Å². The van der Waals surface area contributed by atoms with Gasteiger partial charge in [-0.1, -0.05) is 0 Å². The number of methoxy groups -OCH3 is 1. The highest BCUT2D eigenvalue weighted by molar-refractivity contribution is 7.48. The molecule has 0 aliphatic heterocycles. The zero-order chi connectivity index (χ0) is 28.3. The largest absolute Gasteiger partial charge is 0.510 e. The molecule has 2 rings (SSSR count). The molecule has 14 heteroatoms. The van der Waals surface area contributed by atoms with Crippen LogP contribution in [0.15, 0.2) is 24.4 Å². The van der Waals surface area contributed by atoms with Gasteiger partial charge in [0.15, 0.2) is 0 Å². The fourth-order valence-corrected chi connectivity index (χ4v) is 3.95. The van der Waals surface area contributed by atoms with Gasteiger partial charge in [-0.05, 0) is 65.9 Å². The first-order chi connectivity index (χ1) is 17.9. The number of likely N-dealkylation sites (N-methyl/N-ethyl adjacent to an activating group) is 1. The van der Waals surface area contributed by atoms with Gasteiger partial charge in [-0.15, -0.1) is 0 Å². The Morgan fingerprint density at radius 1 is 0.947 bits per heavy atom. The molecular weight excluding hydrogens is 523 g/mol. The van der Waals surface area contributed by atoms with Crippen molar-refractivity contribution in [2.45, 2.75) is 53.1 Å². The van der Waals surface area contributed by atoms with Crippen LogP contribution in [0.1, 0.15) is 33.3 Å². The van der Waals surface area contributed by atoms with Crippen molar-refractivity contribution in [3.05, 3.63) is 30.0 Å². The van der Waals surface area contributed by atoms with Gasteiger partial charge in [-0.25, -0.2) is 23.2 Å². The zero-order valence-electron chi connectivity index (χ0n) is 22.8. The van der Waals surface area contributed by atoms with Crippen molar-refractivity contribution in [2.75, 3.05) is 41.3 Å². The van der Waals surface area contributed by atoms with Crippen LogP contribution in [0.3, 0.4) is 0 Å². The maximum atomic E-state index is 13.3. The molecule has 0 radical (unpaired) electrons. The molecule has 1 heterocycles. The van der Waals surface area contributed by atoms with E-state index in [0.29, 0.717) is 5.75 Å². The van der Waals surface area contributed by atoms with Crippen LogP contribution in [-0.4, -0.2) is 75.3 Å². The molecule has 0 spiro atoms. The lowest BCUT2D eigenvalue weighted by Gasteiger charge is -2.18. The molecule has 0 amide bonds. The van der Waals surface area contributed by atoms with E-state index in [0.717, 1.165) is 29.4 Å². The third-order valence-electron chi connectivity index (χ3n) is 4.79. The summed E-state index contributed by atoms with van der Waals surface area (Å²) in [6.07, 6.45) is -0.295. The summed E-state index contributed by atoms with van der Waals surface area (Å²) in [6, 6.07) is 5.61. The smallest absolute Gasteiger partial charge is 0.497 e. The molecular formula is C24H37N2O11P. The van der Waals surface area contributed by atoms with E-state index >= 15 is 0 Å². The number of carbonyl (C=O) groups excluding carboxylic acids is 2. The summed E-state index contributed by atoms with van der Waals surface area (Å²) in [4.78, 5) is 25.3. The molecule has 0 saturated heterocycles. The first kappa shape index (κ1) is 31.4. The van der Waals surface area contributed by atoms with E-state index < -0.39 is 45.9 Å². The van der Waals surface area contributed by atoms with Crippen LogP contribution in [0.25, 0.3) is 10.9 Å². The molecule has 0 saturated carbocycles. The van der Waals surface area contributed by atoms with Crippen LogP contribution in [0, 0.1) is 0 Å². The van der Waals surface area contributed by atoms with Gasteiger partial charge in [-0.2, -0.15) is 0 Å². The van der Waals surface area contributed by atoms with Crippen molar-refractivity contribution < 1.29 is 51.4 Å². The minimum absolute atomic E-state index is 0.268. The Hall–Kier alpha value is -2.83. The Labute approximate surface area is 222 Å². The summed E-state index contributed by atoms with van der Waals surface area (Å²) in [5, 5.41) is 0.965. The number of aromatic nitrogens is 1. The number of ether oxygens (including phenoxy) is 5. The number of fused-ring (bicyclic) bond motifs is 1. The van der Waals surface area contributed by atoms with Crippen LogP contribution in [-0.2, 0) is 50.2 Å². The van der Waals surface area contributed by atoms with Gasteiger partial charge in [0.2, 0.25) is 13.6 Å². The number of hydrogen-bond acceptors (Lipinski definition) is 12. The summed E-state index contributed by atoms with van der Waals surface area (Å²) >= 11 is 0. The van der Waals surface area contributed by atoms with E-state index in [1.165, 1.54) is 0 Å². The molecule has 0 aliphatic rings. The minimum Gasteiger partial charge on any atom is -0.497 e. The van der Waals surface area contributed by atoms with Crippen molar-refractivity contribution in [2.24, 2.45) is 0 Å². The summed E-state index contributed by atoms with van der Waals surface area (Å²) in [6.45, 7) is 5.49. The Kier molecular flexibility index (Phi) is 12.3. The molecule has 2 aromatic rings. The Morgan fingerprint density at radius 2 is 1.53 bits per heavy atom. The monoisotopic (exact) mass is 560 g/mol. The van der Waals surface area contributed by atoms with Crippen molar-refractivity contribution in [1.82, 2.24) is 9.47 Å². The van der Waals surface area contributed by atoms with Gasteiger partial charge >= 0.3 is 20.1 Å². The zero-order valence-corrected chi connectivity index (χ0v) is 23.7. The standard InChI is InChI=1S/C24H37N2O11P/c1-17(2)36-23(27)31-15-34-38(29,35-16-32-24(28)37-18(3)4)33-14-26-13-19(10-11-25(5)6)21-9-8-20(30-7)12-22(21)26/h8-9,12-13,17-18H,10-11,14-16H2,1-7H3. The van der Waals surface area contributed by atoms with Crippen LogP contribution in [0.5, 0.6) is 5.75 Å². The molecule has 0 bridgehead atoms. The third-order valence-corrected chi connectivity index (χ3v) is 6.07. The maximum absolute atomic E-state index is 13.3. The van der Waals surface area contributed by atoms with E-state index in [9.17, 15) is 14.2 Å². The van der Waals surface area contributed by atoms with E-state index in [4.69, 9.17) is 37.3 Å². The number of hydrogen-bond donors (Lipinski definition) is 0. The second-order valence-electron chi connectivity index (χ2n) is 8.88. The highest BCUT2D eigenvalue weighted by Crippen LogP contribution is 2.50. The van der Waals surface area contributed by atoms with Crippen LogP contribution in [0.4, 0.5) is 9.59 Å². The molecule has 0 fully saturated rings. The average Bonchev–Trinajstić information content (AvgIpc) is 3.17. The van der Waals surface area contributed by atoms with Crippen molar-refractivity contribution in [1.29, 1.82) is 0 Å². The normalized spacial score (nSPS) is 11.8. The van der Waals surface area contributed by atoms with Crippen molar-refractivity contribution in [3.8, 4) is 5.75 Å². The lowest BCUT2D eigenvalue weighted by molar-refractivity contribution is -0.0486. The molecule has 0 atom stereocenters. The van der Waals surface area contributed by atoms with Crippen molar-refractivity contribution >= 4 is 31.0 Å². The number of carbonyl (C=O) groups is 2. The number of benzene rings is 1. The van der Waals surface area contributed by atoms with Crippen LogP contribution in [0.2, 0.25) is 0 Å². The first-order valence-electron chi connectivity index (χ1n) is 11.9. The van der Waals surface area contributed by atoms with Gasteiger partial charge in [-0.3, -0.25) is 4.52 Å². The van der Waals surface area contributed by atoms with E-state index in [2.05, 4.69) is 4.90 Å². The van der Waals surface area contributed by atoms with Crippen LogP contribution < -0.4 is 4.74 Å². The summed E-state index contributed by atoms with van der Waals surface area (Å²) in [7, 11) is 1.11. The van der Waals surface area contributed by atoms with E-state index in [1.807, 2.05) is 38.5 Å². The van der Waals surface area contributed by atoms with Gasteiger partial charge in [0.05, 0.1) is 24.8 Å². The van der Waals surface area contributed by atoms with E-state index in [-0.39, 0.29) is 6.73 Å². The lowest BCUT2D eigenvalue weighted by atomic mass is 10.1. The molecule has 0 aliphatic carbocycles. The number of phosphoric acid groups is 1. The number of rotatable bonds is 15. The molecule has 0 N–H and O–H groups in total. The molecule has 13 nitrogen and oxygen atoms in total. The van der Waals surface area contributed by atoms with Gasteiger partial charge in [0.1, 0.15) is 12.5 Å². The van der Waals surface area contributed by atoms with Gasteiger partial charge in [0, 0.05) is 24.2 Å². The maximum Gasteiger partial charge on any atom is 0.510 e. The fourth-order valence-electron chi connectivity index (χ4n) is 3.10. The second kappa shape index (κ2) is 14.9. The predicted molar refractivity (Wildman–Crippen MR) is 137 cm³/mol.